The van der Waals surface area contributed by atoms with E-state index >= 15 is 0 Å². The number of thioether (sulfide) groups is 1. The second-order valence-electron chi connectivity index (χ2n) is 7.04. The Balaban J connectivity index is 1.27. The number of nitrogens with zero attached hydrogens (tertiary/aromatic N) is 2. The lowest BCUT2D eigenvalue weighted by Gasteiger charge is -2.41. The Morgan fingerprint density at radius 3 is 2.87 bits per heavy atom. The van der Waals surface area contributed by atoms with Crippen molar-refractivity contribution < 1.29 is 19.1 Å². The maximum Gasteiger partial charge on any atom is 0.413 e. The summed E-state index contributed by atoms with van der Waals surface area (Å²) < 4.78 is 5.23. The summed E-state index contributed by atoms with van der Waals surface area (Å²) >= 11 is 1.69. The Hall–Kier alpha value is -3.07. The Morgan fingerprint density at radius 1 is 1.20 bits per heavy atom. The molecule has 2 atom stereocenters. The van der Waals surface area contributed by atoms with Crippen LogP contribution in [0.5, 0.6) is 0 Å². The number of nitrogens with one attached hydrogen (secondary N) is 2. The lowest BCUT2D eigenvalue weighted by atomic mass is 10.1. The van der Waals surface area contributed by atoms with Gasteiger partial charge in [0.25, 0.3) is 0 Å². The van der Waals surface area contributed by atoms with Gasteiger partial charge in [0.05, 0.1) is 0 Å². The zero-order chi connectivity index (χ0) is 20.9. The lowest BCUT2D eigenvalue weighted by Crippen LogP contribution is -2.67. The fraction of sp³-hybridized carbons (Fsp3) is 0.333. The predicted octanol–water partition coefficient (Wildman–Crippen LogP) is 2.16. The van der Waals surface area contributed by atoms with E-state index in [4.69, 9.17) is 4.74 Å². The monoisotopic (exact) mass is 426 g/mol. The van der Waals surface area contributed by atoms with E-state index in [2.05, 4.69) is 15.6 Å². The van der Waals surface area contributed by atoms with Gasteiger partial charge in [0.15, 0.2) is 0 Å². The SMILES string of the molecule is O=C(CCc1cccnc1NC(=O)OCc1ccccc1)N[C@@H]1C(=O)N2CCS[C@@H]12. The number of carbonyl (C=O) groups is 3. The van der Waals surface area contributed by atoms with Crippen LogP contribution < -0.4 is 10.6 Å². The molecule has 4 rings (SSSR count). The number of fused-ring (bicyclic) bond motifs is 1. The lowest BCUT2D eigenvalue weighted by molar-refractivity contribution is -0.147. The average molecular weight is 426 g/mol. The molecule has 2 aliphatic rings. The van der Waals surface area contributed by atoms with Gasteiger partial charge < -0.3 is 15.0 Å². The van der Waals surface area contributed by atoms with Gasteiger partial charge in [-0.3, -0.25) is 14.9 Å². The number of hydrogen-bond acceptors (Lipinski definition) is 6. The molecular weight excluding hydrogens is 404 g/mol. The minimum Gasteiger partial charge on any atom is -0.444 e. The van der Waals surface area contributed by atoms with E-state index in [1.165, 1.54) is 0 Å². The van der Waals surface area contributed by atoms with Crippen LogP contribution in [0.4, 0.5) is 10.6 Å². The summed E-state index contributed by atoms with van der Waals surface area (Å²) in [5.74, 6) is 1.07. The fourth-order valence-corrected chi connectivity index (χ4v) is 4.76. The number of ether oxygens (including phenoxy) is 1. The van der Waals surface area contributed by atoms with E-state index in [1.54, 1.807) is 35.0 Å². The molecule has 2 aromatic rings. The summed E-state index contributed by atoms with van der Waals surface area (Å²) in [5, 5.41) is 5.53. The number of amides is 3. The van der Waals surface area contributed by atoms with Crippen molar-refractivity contribution in [1.82, 2.24) is 15.2 Å². The second-order valence-corrected chi connectivity index (χ2v) is 8.26. The van der Waals surface area contributed by atoms with Crippen molar-refractivity contribution in [2.24, 2.45) is 0 Å². The van der Waals surface area contributed by atoms with Crippen LogP contribution in [0.3, 0.4) is 0 Å². The minimum atomic E-state index is -0.610. The number of rotatable bonds is 7. The number of benzene rings is 1. The Kier molecular flexibility index (Phi) is 6.18. The topological polar surface area (TPSA) is 101 Å². The molecule has 2 saturated heterocycles. The van der Waals surface area contributed by atoms with Gasteiger partial charge in [-0.05, 0) is 23.6 Å². The van der Waals surface area contributed by atoms with Gasteiger partial charge in [-0.15, -0.1) is 11.8 Å². The fourth-order valence-electron chi connectivity index (χ4n) is 3.45. The van der Waals surface area contributed by atoms with Gasteiger partial charge in [0.2, 0.25) is 11.8 Å². The quantitative estimate of drug-likeness (QED) is 0.658. The summed E-state index contributed by atoms with van der Waals surface area (Å²) in [4.78, 5) is 42.4. The van der Waals surface area contributed by atoms with Crippen LogP contribution in [0.25, 0.3) is 0 Å². The largest absolute Gasteiger partial charge is 0.444 e. The van der Waals surface area contributed by atoms with Crippen LogP contribution in [0.15, 0.2) is 48.7 Å². The molecule has 0 spiro atoms. The van der Waals surface area contributed by atoms with Crippen LogP contribution in [-0.4, -0.2) is 51.5 Å². The Bertz CT molecular complexity index is 940. The van der Waals surface area contributed by atoms with Crippen molar-refractivity contribution in [1.29, 1.82) is 0 Å². The molecule has 0 bridgehead atoms. The number of hydrogen-bond donors (Lipinski definition) is 2. The highest BCUT2D eigenvalue weighted by molar-refractivity contribution is 8.00. The van der Waals surface area contributed by atoms with Crippen molar-refractivity contribution in [2.75, 3.05) is 17.6 Å². The molecular formula is C21H22N4O4S. The molecule has 3 amide bonds. The number of carbonyl (C=O) groups excluding carboxylic acids is 3. The molecule has 0 unspecified atom stereocenters. The van der Waals surface area contributed by atoms with E-state index in [0.717, 1.165) is 23.4 Å². The molecule has 0 saturated carbocycles. The van der Waals surface area contributed by atoms with Crippen LogP contribution in [0.2, 0.25) is 0 Å². The highest BCUT2D eigenvalue weighted by atomic mass is 32.2. The van der Waals surface area contributed by atoms with E-state index in [0.29, 0.717) is 12.2 Å². The van der Waals surface area contributed by atoms with Gasteiger partial charge in [-0.2, -0.15) is 0 Å². The van der Waals surface area contributed by atoms with Gasteiger partial charge >= 0.3 is 6.09 Å². The number of β-lactam (4-membered cyclic amide) rings is 1. The van der Waals surface area contributed by atoms with Crippen molar-refractivity contribution in [3.63, 3.8) is 0 Å². The predicted molar refractivity (Wildman–Crippen MR) is 113 cm³/mol. The third-order valence-electron chi connectivity index (χ3n) is 5.02. The molecule has 2 N–H and O–H groups in total. The molecule has 9 heteroatoms. The van der Waals surface area contributed by atoms with E-state index in [1.807, 2.05) is 30.3 Å². The first-order valence-electron chi connectivity index (χ1n) is 9.75. The first-order chi connectivity index (χ1) is 14.6. The summed E-state index contributed by atoms with van der Waals surface area (Å²) in [6, 6.07) is 12.5. The highest BCUT2D eigenvalue weighted by Crippen LogP contribution is 2.35. The summed E-state index contributed by atoms with van der Waals surface area (Å²) in [7, 11) is 0. The summed E-state index contributed by atoms with van der Waals surface area (Å²) in [6.45, 7) is 0.911. The van der Waals surface area contributed by atoms with Crippen LogP contribution in [-0.2, 0) is 27.4 Å². The number of aryl methyl sites for hydroxylation is 1. The molecule has 2 aliphatic heterocycles. The maximum absolute atomic E-state index is 12.3. The van der Waals surface area contributed by atoms with Crippen molar-refractivity contribution >= 4 is 35.5 Å². The first-order valence-corrected chi connectivity index (χ1v) is 10.8. The second kappa shape index (κ2) is 9.17. The Labute approximate surface area is 178 Å². The number of anilines is 1. The van der Waals surface area contributed by atoms with E-state index in [9.17, 15) is 14.4 Å². The maximum atomic E-state index is 12.3. The summed E-state index contributed by atoms with van der Waals surface area (Å²) in [5.41, 5.74) is 1.61. The van der Waals surface area contributed by atoms with Crippen LogP contribution >= 0.6 is 11.8 Å². The minimum absolute atomic E-state index is 0.0109. The van der Waals surface area contributed by atoms with Crippen LogP contribution in [0.1, 0.15) is 17.5 Å². The molecule has 1 aromatic carbocycles. The zero-order valence-electron chi connectivity index (χ0n) is 16.2. The van der Waals surface area contributed by atoms with Crippen molar-refractivity contribution in [3.05, 3.63) is 59.8 Å². The molecule has 2 fully saturated rings. The van der Waals surface area contributed by atoms with Gasteiger partial charge in [0, 0.05) is 24.9 Å². The zero-order valence-corrected chi connectivity index (χ0v) is 17.1. The molecule has 3 heterocycles. The highest BCUT2D eigenvalue weighted by Gasteiger charge is 2.50. The Morgan fingerprint density at radius 2 is 2.03 bits per heavy atom. The average Bonchev–Trinajstić information content (AvgIpc) is 3.21. The number of aromatic nitrogens is 1. The molecule has 8 nitrogen and oxygen atoms in total. The molecule has 0 aliphatic carbocycles. The third-order valence-corrected chi connectivity index (χ3v) is 6.31. The van der Waals surface area contributed by atoms with E-state index < -0.39 is 12.1 Å². The van der Waals surface area contributed by atoms with Gasteiger partial charge in [0.1, 0.15) is 23.8 Å². The molecule has 0 radical (unpaired) electrons. The molecule has 30 heavy (non-hydrogen) atoms. The standard InChI is InChI=1S/C21H22N4O4S/c26-16(23-17-19(27)25-11-12-30-20(17)25)9-8-15-7-4-10-22-18(15)24-21(28)29-13-14-5-2-1-3-6-14/h1-7,10,17,20H,8-9,11-13H2,(H,23,26)(H,22,24,28)/t17-,20+/m1/s1. The smallest absolute Gasteiger partial charge is 0.413 e. The van der Waals surface area contributed by atoms with Crippen LogP contribution in [0, 0.1) is 0 Å². The molecule has 1 aromatic heterocycles. The number of pyridine rings is 1. The first kappa shape index (κ1) is 20.2. The van der Waals surface area contributed by atoms with E-state index in [-0.39, 0.29) is 30.2 Å². The van der Waals surface area contributed by atoms with Crippen molar-refractivity contribution in [3.8, 4) is 0 Å². The van der Waals surface area contributed by atoms with Crippen molar-refractivity contribution in [2.45, 2.75) is 30.9 Å². The molecule has 156 valence electrons. The summed E-state index contributed by atoms with van der Waals surface area (Å²) in [6.07, 6.45) is 1.54. The normalized spacial score (nSPS) is 19.6. The van der Waals surface area contributed by atoms with Gasteiger partial charge in [-0.25, -0.2) is 9.78 Å². The van der Waals surface area contributed by atoms with Gasteiger partial charge in [-0.1, -0.05) is 36.4 Å². The third kappa shape index (κ3) is 4.56.